The summed E-state index contributed by atoms with van der Waals surface area (Å²) in [5.74, 6) is 0. The van der Waals surface area contributed by atoms with Gasteiger partial charge in [0.15, 0.2) is 0 Å². The zero-order valence-electron chi connectivity index (χ0n) is 5.98. The molecule has 3 aliphatic carbocycles. The molecule has 0 amide bonds. The lowest BCUT2D eigenvalue weighted by Crippen LogP contribution is -2.53. The van der Waals surface area contributed by atoms with Gasteiger partial charge in [0, 0.05) is 0 Å². The van der Waals surface area contributed by atoms with Crippen molar-refractivity contribution in [3.8, 4) is 0 Å². The van der Waals surface area contributed by atoms with Crippen LogP contribution in [0.1, 0.15) is 39.0 Å². The lowest BCUT2D eigenvalue weighted by Gasteiger charge is -2.56. The number of fused-ring (bicyclic) bond motifs is 2. The lowest BCUT2D eigenvalue weighted by molar-refractivity contribution is -0.157. The summed E-state index contributed by atoms with van der Waals surface area (Å²) in [6, 6.07) is 0. The van der Waals surface area contributed by atoms with Gasteiger partial charge < -0.3 is 5.11 Å². The molecule has 0 radical (unpaired) electrons. The molecule has 1 N–H and O–H groups in total. The molecule has 3 aliphatic rings. The minimum Gasteiger partial charge on any atom is -0.390 e. The Hall–Kier alpha value is -0.0400. The first-order valence-corrected chi connectivity index (χ1v) is 3.84. The fraction of sp³-hybridized carbons (Fsp3) is 1.00. The van der Waals surface area contributed by atoms with Gasteiger partial charge in [-0.1, -0.05) is 13.3 Å². The number of aliphatic hydroxyl groups is 1. The quantitative estimate of drug-likeness (QED) is 0.523. The van der Waals surface area contributed by atoms with E-state index < -0.39 is 0 Å². The zero-order chi connectivity index (χ0) is 6.54. The van der Waals surface area contributed by atoms with E-state index in [1.165, 1.54) is 12.8 Å². The van der Waals surface area contributed by atoms with Gasteiger partial charge in [-0.25, -0.2) is 0 Å². The minimum absolute atomic E-state index is 0.215. The molecule has 0 aromatic rings. The van der Waals surface area contributed by atoms with E-state index in [-0.39, 0.29) is 5.60 Å². The molecule has 0 saturated heterocycles. The monoisotopic (exact) mass is 126 g/mol. The maximum absolute atomic E-state index is 9.61. The number of rotatable bonds is 0. The Morgan fingerprint density at radius 1 is 1.22 bits per heavy atom. The highest BCUT2D eigenvalue weighted by Crippen LogP contribution is 2.57. The van der Waals surface area contributed by atoms with Gasteiger partial charge in [0.05, 0.1) is 5.60 Å². The topological polar surface area (TPSA) is 20.2 Å². The summed E-state index contributed by atoms with van der Waals surface area (Å²) in [5, 5.41) is 9.61. The summed E-state index contributed by atoms with van der Waals surface area (Å²) in [7, 11) is 0. The second-order valence-electron chi connectivity index (χ2n) is 4.24. The molecule has 1 heteroatoms. The van der Waals surface area contributed by atoms with Gasteiger partial charge >= 0.3 is 0 Å². The van der Waals surface area contributed by atoms with E-state index >= 15 is 0 Å². The maximum atomic E-state index is 9.61. The van der Waals surface area contributed by atoms with Crippen molar-refractivity contribution in [2.75, 3.05) is 0 Å². The Morgan fingerprint density at radius 2 is 1.89 bits per heavy atom. The van der Waals surface area contributed by atoms with E-state index in [1.807, 2.05) is 0 Å². The molecule has 0 aliphatic heterocycles. The predicted octanol–water partition coefficient (Wildman–Crippen LogP) is 1.70. The van der Waals surface area contributed by atoms with E-state index in [0.717, 1.165) is 19.3 Å². The Balaban J connectivity index is 2.12. The van der Waals surface area contributed by atoms with Crippen LogP contribution in [-0.4, -0.2) is 10.7 Å². The first-order chi connectivity index (χ1) is 4.12. The summed E-state index contributed by atoms with van der Waals surface area (Å²) < 4.78 is 0. The van der Waals surface area contributed by atoms with E-state index in [2.05, 4.69) is 6.92 Å². The second kappa shape index (κ2) is 1.34. The maximum Gasteiger partial charge on any atom is 0.0658 e. The molecule has 0 spiro atoms. The Labute approximate surface area is 56.1 Å². The van der Waals surface area contributed by atoms with Crippen LogP contribution in [0.25, 0.3) is 0 Å². The van der Waals surface area contributed by atoms with Crippen molar-refractivity contribution in [2.24, 2.45) is 5.41 Å². The molecule has 0 aromatic heterocycles. The minimum atomic E-state index is -0.215. The number of hydrogen-bond donors (Lipinski definition) is 1. The van der Waals surface area contributed by atoms with Crippen LogP contribution in [0, 0.1) is 5.41 Å². The first-order valence-electron chi connectivity index (χ1n) is 3.84. The van der Waals surface area contributed by atoms with E-state index in [0.29, 0.717) is 5.41 Å². The van der Waals surface area contributed by atoms with Crippen LogP contribution in [0.4, 0.5) is 0 Å². The molecular weight excluding hydrogens is 112 g/mol. The van der Waals surface area contributed by atoms with Crippen LogP contribution in [0.2, 0.25) is 0 Å². The van der Waals surface area contributed by atoms with Gasteiger partial charge in [-0.15, -0.1) is 0 Å². The summed E-state index contributed by atoms with van der Waals surface area (Å²) in [6.07, 6.45) is 5.78. The van der Waals surface area contributed by atoms with Crippen molar-refractivity contribution >= 4 is 0 Å². The second-order valence-corrected chi connectivity index (χ2v) is 4.24. The van der Waals surface area contributed by atoms with Crippen LogP contribution >= 0.6 is 0 Å². The average Bonchev–Trinajstić information content (AvgIpc) is 1.59. The highest BCUT2D eigenvalue weighted by atomic mass is 16.3. The van der Waals surface area contributed by atoms with Crippen molar-refractivity contribution in [3.05, 3.63) is 0 Å². The SMILES string of the molecule is CC12CCCC(O)(C1)C2. The van der Waals surface area contributed by atoms with E-state index in [4.69, 9.17) is 0 Å². The first kappa shape index (κ1) is 5.72. The lowest BCUT2D eigenvalue weighted by atomic mass is 9.52. The van der Waals surface area contributed by atoms with Crippen molar-refractivity contribution in [1.82, 2.24) is 0 Å². The summed E-state index contributed by atoms with van der Waals surface area (Å²) in [4.78, 5) is 0. The zero-order valence-corrected chi connectivity index (χ0v) is 5.98. The molecule has 9 heavy (non-hydrogen) atoms. The average molecular weight is 126 g/mol. The fourth-order valence-electron chi connectivity index (χ4n) is 2.73. The molecule has 3 fully saturated rings. The largest absolute Gasteiger partial charge is 0.390 e. The van der Waals surface area contributed by atoms with Crippen LogP contribution in [0.15, 0.2) is 0 Å². The Bertz CT molecular complexity index is 120. The Morgan fingerprint density at radius 3 is 2.22 bits per heavy atom. The molecule has 3 rings (SSSR count). The van der Waals surface area contributed by atoms with Gasteiger partial charge in [-0.3, -0.25) is 0 Å². The van der Waals surface area contributed by atoms with Crippen molar-refractivity contribution in [3.63, 3.8) is 0 Å². The van der Waals surface area contributed by atoms with Gasteiger partial charge in [0.2, 0.25) is 0 Å². The molecule has 0 unspecified atom stereocenters. The van der Waals surface area contributed by atoms with Crippen LogP contribution in [0.3, 0.4) is 0 Å². The van der Waals surface area contributed by atoms with Crippen LogP contribution < -0.4 is 0 Å². The smallest absolute Gasteiger partial charge is 0.0658 e. The normalized spacial score (nSPS) is 56.7. The van der Waals surface area contributed by atoms with Crippen LogP contribution in [0.5, 0.6) is 0 Å². The van der Waals surface area contributed by atoms with Gasteiger partial charge in [-0.2, -0.15) is 0 Å². The Kier molecular flexibility index (Phi) is 0.852. The van der Waals surface area contributed by atoms with E-state index in [9.17, 15) is 5.11 Å². The van der Waals surface area contributed by atoms with Crippen molar-refractivity contribution < 1.29 is 5.11 Å². The van der Waals surface area contributed by atoms with E-state index in [1.54, 1.807) is 0 Å². The molecule has 0 heterocycles. The number of hydrogen-bond acceptors (Lipinski definition) is 1. The molecule has 0 atom stereocenters. The van der Waals surface area contributed by atoms with Gasteiger partial charge in [0.1, 0.15) is 0 Å². The summed E-state index contributed by atoms with van der Waals surface area (Å²) in [5.41, 5.74) is 0.319. The molecular formula is C8H14O. The summed E-state index contributed by atoms with van der Waals surface area (Å²) >= 11 is 0. The standard InChI is InChI=1S/C8H14O/c1-7-3-2-4-8(9,5-7)6-7/h9H,2-6H2,1H3. The summed E-state index contributed by atoms with van der Waals surface area (Å²) in [6.45, 7) is 2.29. The van der Waals surface area contributed by atoms with Crippen LogP contribution in [-0.2, 0) is 0 Å². The highest BCUT2D eigenvalue weighted by molar-refractivity contribution is 5.05. The molecule has 52 valence electrons. The van der Waals surface area contributed by atoms with Gasteiger partial charge in [0.25, 0.3) is 0 Å². The third-order valence-electron chi connectivity index (χ3n) is 2.93. The fourth-order valence-corrected chi connectivity index (χ4v) is 2.73. The molecule has 1 nitrogen and oxygen atoms in total. The molecule has 2 bridgehead atoms. The van der Waals surface area contributed by atoms with Gasteiger partial charge in [-0.05, 0) is 31.1 Å². The molecule has 3 saturated carbocycles. The van der Waals surface area contributed by atoms with Crippen molar-refractivity contribution in [2.45, 2.75) is 44.6 Å². The third-order valence-corrected chi connectivity index (χ3v) is 2.93. The highest BCUT2D eigenvalue weighted by Gasteiger charge is 2.53. The van der Waals surface area contributed by atoms with Crippen molar-refractivity contribution in [1.29, 1.82) is 0 Å². The molecule has 0 aromatic carbocycles. The predicted molar refractivity (Wildman–Crippen MR) is 36.1 cm³/mol. The third kappa shape index (κ3) is 0.710.